The Kier molecular flexibility index (Phi) is 1.73. The van der Waals surface area contributed by atoms with E-state index in [0.717, 1.165) is 17.0 Å². The number of pyridine rings is 1. The van der Waals surface area contributed by atoms with Crippen molar-refractivity contribution in [3.8, 4) is 11.3 Å². The van der Waals surface area contributed by atoms with Crippen LogP contribution in [0.5, 0.6) is 0 Å². The molecule has 2 heterocycles. The van der Waals surface area contributed by atoms with Gasteiger partial charge < -0.3 is 5.73 Å². The Morgan fingerprint density at radius 3 is 2.54 bits per heavy atom. The highest BCUT2D eigenvalue weighted by Gasteiger charge is 2.07. The van der Waals surface area contributed by atoms with Crippen LogP contribution in [0.3, 0.4) is 0 Å². The smallest absolute Gasteiger partial charge is 0.115 e. The third-order valence-electron chi connectivity index (χ3n) is 1.95. The second-order valence-corrected chi connectivity index (χ2v) is 2.85. The number of H-pyrrole nitrogens is 1. The van der Waals surface area contributed by atoms with E-state index in [0.29, 0.717) is 5.69 Å². The molecule has 0 aliphatic heterocycles. The first-order valence-electron chi connectivity index (χ1n) is 4.00. The maximum absolute atomic E-state index is 5.82. The summed E-state index contributed by atoms with van der Waals surface area (Å²) < 4.78 is 0. The van der Waals surface area contributed by atoms with Crippen LogP contribution in [0, 0.1) is 6.92 Å². The maximum Gasteiger partial charge on any atom is 0.115 e. The molecule has 2 rings (SSSR count). The van der Waals surface area contributed by atoms with Crippen LogP contribution in [-0.4, -0.2) is 15.2 Å². The lowest BCUT2D eigenvalue weighted by Gasteiger charge is -1.96. The third-order valence-corrected chi connectivity index (χ3v) is 1.95. The molecule has 0 saturated carbocycles. The molecule has 66 valence electrons. The summed E-state index contributed by atoms with van der Waals surface area (Å²) in [5, 5.41) is 6.95. The van der Waals surface area contributed by atoms with E-state index >= 15 is 0 Å². The number of hydrogen-bond donors (Lipinski definition) is 2. The van der Waals surface area contributed by atoms with Crippen LogP contribution < -0.4 is 5.73 Å². The Morgan fingerprint density at radius 1 is 1.31 bits per heavy atom. The molecule has 4 heteroatoms. The van der Waals surface area contributed by atoms with Gasteiger partial charge in [-0.1, -0.05) is 0 Å². The number of rotatable bonds is 1. The minimum absolute atomic E-state index is 0.700. The van der Waals surface area contributed by atoms with Crippen molar-refractivity contribution in [2.24, 2.45) is 0 Å². The van der Waals surface area contributed by atoms with E-state index < -0.39 is 0 Å². The molecule has 0 aliphatic carbocycles. The normalized spacial score (nSPS) is 10.2. The summed E-state index contributed by atoms with van der Waals surface area (Å²) in [6.45, 7) is 1.90. The summed E-state index contributed by atoms with van der Waals surface area (Å²) >= 11 is 0. The minimum atomic E-state index is 0.700. The van der Waals surface area contributed by atoms with Crippen LogP contribution in [0.1, 0.15) is 5.69 Å². The molecule has 0 aliphatic rings. The largest absolute Gasteiger partial charge is 0.395 e. The van der Waals surface area contributed by atoms with E-state index in [1.807, 2.05) is 19.1 Å². The zero-order valence-corrected chi connectivity index (χ0v) is 7.28. The highest BCUT2D eigenvalue weighted by atomic mass is 15.1. The monoisotopic (exact) mass is 174 g/mol. The number of nitrogen functional groups attached to an aromatic ring is 1. The number of aromatic amines is 1. The number of nitrogens with one attached hydrogen (secondary N) is 1. The number of aromatic nitrogens is 3. The van der Waals surface area contributed by atoms with E-state index in [-0.39, 0.29) is 0 Å². The molecule has 0 radical (unpaired) electrons. The van der Waals surface area contributed by atoms with Crippen molar-refractivity contribution in [3.63, 3.8) is 0 Å². The van der Waals surface area contributed by atoms with Crippen LogP contribution in [-0.2, 0) is 0 Å². The predicted octanol–water partition coefficient (Wildman–Crippen LogP) is 1.36. The Bertz CT molecular complexity index is 405. The van der Waals surface area contributed by atoms with E-state index in [2.05, 4.69) is 15.2 Å². The van der Waals surface area contributed by atoms with Gasteiger partial charge in [-0.25, -0.2) is 0 Å². The Balaban J connectivity index is 2.53. The molecular weight excluding hydrogens is 164 g/mol. The summed E-state index contributed by atoms with van der Waals surface area (Å²) in [6, 6.07) is 3.76. The number of hydrogen-bond acceptors (Lipinski definition) is 3. The molecule has 13 heavy (non-hydrogen) atoms. The molecule has 3 N–H and O–H groups in total. The SMILES string of the molecule is Cc1[nH]nc(-c2ccncc2)c1N. The molecule has 0 saturated heterocycles. The number of aryl methyl sites for hydroxylation is 1. The Morgan fingerprint density at radius 2 is 2.00 bits per heavy atom. The first-order chi connectivity index (χ1) is 6.29. The van der Waals surface area contributed by atoms with Gasteiger partial charge in [0.1, 0.15) is 5.69 Å². The Hall–Kier alpha value is -1.84. The van der Waals surface area contributed by atoms with Crippen LogP contribution in [0.25, 0.3) is 11.3 Å². The van der Waals surface area contributed by atoms with Gasteiger partial charge in [0.05, 0.1) is 11.4 Å². The quantitative estimate of drug-likeness (QED) is 0.686. The molecule has 2 aromatic rings. The first kappa shape index (κ1) is 7.79. The molecule has 0 atom stereocenters. The molecular formula is C9H10N4. The predicted molar refractivity (Wildman–Crippen MR) is 51.0 cm³/mol. The third kappa shape index (κ3) is 1.26. The van der Waals surface area contributed by atoms with Crippen LogP contribution in [0.15, 0.2) is 24.5 Å². The maximum atomic E-state index is 5.82. The highest BCUT2D eigenvalue weighted by molar-refractivity contribution is 5.73. The van der Waals surface area contributed by atoms with Gasteiger partial charge in [0.25, 0.3) is 0 Å². The average Bonchev–Trinajstić information content (AvgIpc) is 2.49. The van der Waals surface area contributed by atoms with Gasteiger partial charge in [0, 0.05) is 18.0 Å². The second kappa shape index (κ2) is 2.90. The lowest BCUT2D eigenvalue weighted by atomic mass is 10.1. The zero-order valence-electron chi connectivity index (χ0n) is 7.28. The van der Waals surface area contributed by atoms with Gasteiger partial charge in [-0.15, -0.1) is 0 Å². The van der Waals surface area contributed by atoms with Gasteiger partial charge in [0.15, 0.2) is 0 Å². The van der Waals surface area contributed by atoms with Gasteiger partial charge in [-0.05, 0) is 19.1 Å². The van der Waals surface area contributed by atoms with Crippen molar-refractivity contribution in [1.82, 2.24) is 15.2 Å². The molecule has 0 spiro atoms. The zero-order chi connectivity index (χ0) is 9.26. The topological polar surface area (TPSA) is 67.6 Å². The lowest BCUT2D eigenvalue weighted by Crippen LogP contribution is -1.88. The van der Waals surface area contributed by atoms with Gasteiger partial charge in [-0.3, -0.25) is 10.1 Å². The molecule has 0 aromatic carbocycles. The van der Waals surface area contributed by atoms with Gasteiger partial charge in [0.2, 0.25) is 0 Å². The van der Waals surface area contributed by atoms with Crippen LogP contribution in [0.4, 0.5) is 5.69 Å². The standard InChI is InChI=1S/C9H10N4/c1-6-8(10)9(13-12-6)7-2-4-11-5-3-7/h2-5H,10H2,1H3,(H,12,13). The molecule has 0 unspecified atom stereocenters. The second-order valence-electron chi connectivity index (χ2n) is 2.85. The van der Waals surface area contributed by atoms with Gasteiger partial charge in [-0.2, -0.15) is 5.10 Å². The van der Waals surface area contributed by atoms with Crippen LogP contribution in [0.2, 0.25) is 0 Å². The van der Waals surface area contributed by atoms with Crippen molar-refractivity contribution in [2.75, 3.05) is 5.73 Å². The van der Waals surface area contributed by atoms with Gasteiger partial charge >= 0.3 is 0 Å². The van der Waals surface area contributed by atoms with Crippen molar-refractivity contribution < 1.29 is 0 Å². The average molecular weight is 174 g/mol. The minimum Gasteiger partial charge on any atom is -0.395 e. The fourth-order valence-electron chi connectivity index (χ4n) is 1.17. The summed E-state index contributed by atoms with van der Waals surface area (Å²) in [4.78, 5) is 3.93. The highest BCUT2D eigenvalue weighted by Crippen LogP contribution is 2.24. The molecule has 2 aromatic heterocycles. The van der Waals surface area contributed by atoms with Crippen molar-refractivity contribution >= 4 is 5.69 Å². The molecule has 0 bridgehead atoms. The summed E-state index contributed by atoms with van der Waals surface area (Å²) in [6.07, 6.45) is 3.44. The first-order valence-corrected chi connectivity index (χ1v) is 4.00. The fourth-order valence-corrected chi connectivity index (χ4v) is 1.17. The number of nitrogens with two attached hydrogens (primary N) is 1. The van der Waals surface area contributed by atoms with Crippen molar-refractivity contribution in [3.05, 3.63) is 30.2 Å². The molecule has 4 nitrogen and oxygen atoms in total. The number of nitrogens with zero attached hydrogens (tertiary/aromatic N) is 2. The van der Waals surface area contributed by atoms with E-state index in [1.54, 1.807) is 12.4 Å². The van der Waals surface area contributed by atoms with E-state index in [4.69, 9.17) is 5.73 Å². The summed E-state index contributed by atoms with van der Waals surface area (Å²) in [7, 11) is 0. The van der Waals surface area contributed by atoms with Crippen molar-refractivity contribution in [2.45, 2.75) is 6.92 Å². The summed E-state index contributed by atoms with van der Waals surface area (Å²) in [5.41, 5.74) is 9.19. The Labute approximate surface area is 75.8 Å². The molecule has 0 fully saturated rings. The van der Waals surface area contributed by atoms with Crippen LogP contribution >= 0.6 is 0 Å². The fraction of sp³-hybridized carbons (Fsp3) is 0.111. The van der Waals surface area contributed by atoms with E-state index in [1.165, 1.54) is 0 Å². The summed E-state index contributed by atoms with van der Waals surface area (Å²) in [5.74, 6) is 0. The van der Waals surface area contributed by atoms with E-state index in [9.17, 15) is 0 Å². The van der Waals surface area contributed by atoms with Crippen molar-refractivity contribution in [1.29, 1.82) is 0 Å². The molecule has 0 amide bonds. The lowest BCUT2D eigenvalue weighted by molar-refractivity contribution is 1.05. The number of anilines is 1.